The van der Waals surface area contributed by atoms with Gasteiger partial charge in [0.05, 0.1) is 10.8 Å². The molecule has 0 amide bonds. The molecule has 5 aromatic rings. The molecule has 6 nitrogen and oxygen atoms in total. The van der Waals surface area contributed by atoms with Crippen LogP contribution in [0.1, 0.15) is 76.1 Å². The summed E-state index contributed by atoms with van der Waals surface area (Å²) in [5.41, 5.74) is 6.01. The Morgan fingerprint density at radius 1 is 0.818 bits per heavy atom. The summed E-state index contributed by atoms with van der Waals surface area (Å²) in [6, 6.07) is 30.2. The maximum Gasteiger partial charge on any atom is 0.362 e. The molecule has 3 aliphatic rings. The Kier molecular flexibility index (Phi) is 6.74. The van der Waals surface area contributed by atoms with Crippen molar-refractivity contribution in [2.45, 2.75) is 38.5 Å². The van der Waals surface area contributed by atoms with Gasteiger partial charge in [-0.25, -0.2) is 14.8 Å². The van der Waals surface area contributed by atoms with Crippen LogP contribution in [0.5, 0.6) is 11.5 Å². The number of carbonyl (C=O) groups excluding carboxylic acids is 2. The van der Waals surface area contributed by atoms with Crippen molar-refractivity contribution in [1.29, 1.82) is 0 Å². The van der Waals surface area contributed by atoms with Crippen molar-refractivity contribution in [3.05, 3.63) is 153 Å². The van der Waals surface area contributed by atoms with Crippen LogP contribution >= 0.6 is 15.9 Å². The van der Waals surface area contributed by atoms with Gasteiger partial charge < -0.3 is 9.47 Å². The molecule has 0 saturated heterocycles. The lowest BCUT2D eigenvalue weighted by atomic mass is 9.51. The Balaban J connectivity index is 1.54. The highest BCUT2D eigenvalue weighted by molar-refractivity contribution is 9.10. The minimum atomic E-state index is -0.753. The second kappa shape index (κ2) is 10.5. The molecule has 0 aliphatic heterocycles. The fourth-order valence-electron chi connectivity index (χ4n) is 6.65. The van der Waals surface area contributed by atoms with Gasteiger partial charge in [-0.05, 0) is 85.3 Å². The number of hydrogen-bond acceptors (Lipinski definition) is 6. The molecule has 1 heterocycles. The molecule has 0 fully saturated rings. The molecule has 218 valence electrons. The highest BCUT2D eigenvalue weighted by atomic mass is 79.9. The normalized spacial score (nSPS) is 17.7. The van der Waals surface area contributed by atoms with Crippen LogP contribution < -0.4 is 9.47 Å². The molecule has 1 aromatic heterocycles. The van der Waals surface area contributed by atoms with Crippen LogP contribution in [0.2, 0.25) is 0 Å². The van der Waals surface area contributed by atoms with E-state index in [0.29, 0.717) is 17.9 Å². The Morgan fingerprint density at radius 3 is 2.07 bits per heavy atom. The maximum atomic E-state index is 13.5. The number of benzene rings is 4. The first-order valence-electron chi connectivity index (χ1n) is 14.5. The minimum absolute atomic E-state index is 0.153. The van der Waals surface area contributed by atoms with Gasteiger partial charge in [0.2, 0.25) is 0 Å². The highest BCUT2D eigenvalue weighted by Gasteiger charge is 2.54. The number of nitrogens with zero attached hydrogens (tertiary/aromatic N) is 2. The highest BCUT2D eigenvalue weighted by Crippen LogP contribution is 2.64. The molecule has 0 spiro atoms. The summed E-state index contributed by atoms with van der Waals surface area (Å²) in [6.07, 6.45) is 3.42. The first-order valence-corrected chi connectivity index (χ1v) is 15.3. The lowest BCUT2D eigenvalue weighted by Gasteiger charge is -2.51. The van der Waals surface area contributed by atoms with Gasteiger partial charge in [-0.1, -0.05) is 76.6 Å². The van der Waals surface area contributed by atoms with E-state index in [-0.39, 0.29) is 17.6 Å². The average Bonchev–Trinajstić information content (AvgIpc) is 3.03. The average molecular weight is 646 g/mol. The van der Waals surface area contributed by atoms with Gasteiger partial charge in [0.1, 0.15) is 17.8 Å². The van der Waals surface area contributed by atoms with Crippen molar-refractivity contribution in [3.8, 4) is 11.5 Å². The third-order valence-corrected chi connectivity index (χ3v) is 9.07. The number of aromatic nitrogens is 2. The largest absolute Gasteiger partial charge is 0.426 e. The van der Waals surface area contributed by atoms with Gasteiger partial charge in [-0.2, -0.15) is 0 Å². The zero-order valence-electron chi connectivity index (χ0n) is 24.5. The van der Waals surface area contributed by atoms with E-state index in [1.165, 1.54) is 18.6 Å². The van der Waals surface area contributed by atoms with E-state index >= 15 is 0 Å². The van der Waals surface area contributed by atoms with Crippen LogP contribution in [0.15, 0.2) is 108 Å². The first kappa shape index (κ1) is 28.2. The van der Waals surface area contributed by atoms with Crippen molar-refractivity contribution in [2.75, 3.05) is 0 Å². The van der Waals surface area contributed by atoms with Crippen LogP contribution in [0.25, 0.3) is 0 Å². The lowest BCUT2D eigenvalue weighted by molar-refractivity contribution is -0.143. The van der Waals surface area contributed by atoms with Crippen LogP contribution in [0, 0.1) is 5.41 Å². The van der Waals surface area contributed by atoms with E-state index in [1.54, 1.807) is 12.1 Å². The predicted octanol–water partition coefficient (Wildman–Crippen LogP) is 7.79. The van der Waals surface area contributed by atoms with Gasteiger partial charge in [0.25, 0.3) is 0 Å². The SMILES string of the molecule is CC(C)(C)C(=O)Oc1ccc(OC(=O)c2ccncn2)c2c1C1c3ccccc3C2(Cc2ccc(Br)cc2)c2ccccc21. The number of esters is 2. The fraction of sp³-hybridized carbons (Fsp3) is 0.189. The minimum Gasteiger partial charge on any atom is -0.426 e. The zero-order chi connectivity index (χ0) is 30.6. The quantitative estimate of drug-likeness (QED) is 0.144. The van der Waals surface area contributed by atoms with Crippen molar-refractivity contribution in [2.24, 2.45) is 5.41 Å². The van der Waals surface area contributed by atoms with E-state index in [0.717, 1.165) is 43.4 Å². The Hall–Kier alpha value is -4.62. The molecule has 0 saturated carbocycles. The molecule has 4 aromatic carbocycles. The number of halogens is 1. The Labute approximate surface area is 264 Å². The van der Waals surface area contributed by atoms with Crippen LogP contribution in [0.3, 0.4) is 0 Å². The van der Waals surface area contributed by atoms with Gasteiger partial charge in [-0.3, -0.25) is 4.79 Å². The van der Waals surface area contributed by atoms with Crippen molar-refractivity contribution >= 4 is 27.9 Å². The Bertz CT molecular complexity index is 1880. The summed E-state index contributed by atoms with van der Waals surface area (Å²) < 4.78 is 13.4. The van der Waals surface area contributed by atoms with Crippen LogP contribution in [-0.4, -0.2) is 21.9 Å². The third kappa shape index (κ3) is 4.46. The fourth-order valence-corrected chi connectivity index (χ4v) is 6.92. The molecule has 0 unspecified atom stereocenters. The first-order chi connectivity index (χ1) is 21.2. The van der Waals surface area contributed by atoms with E-state index in [2.05, 4.69) is 86.6 Å². The molecule has 44 heavy (non-hydrogen) atoms. The second-order valence-electron chi connectivity index (χ2n) is 12.3. The zero-order valence-corrected chi connectivity index (χ0v) is 26.1. The molecule has 2 bridgehead atoms. The van der Waals surface area contributed by atoms with Gasteiger partial charge in [-0.15, -0.1) is 0 Å². The van der Waals surface area contributed by atoms with Crippen molar-refractivity contribution in [1.82, 2.24) is 9.97 Å². The second-order valence-corrected chi connectivity index (χ2v) is 13.2. The van der Waals surface area contributed by atoms with E-state index in [9.17, 15) is 9.59 Å². The van der Waals surface area contributed by atoms with E-state index < -0.39 is 16.8 Å². The number of ether oxygens (including phenoxy) is 2. The topological polar surface area (TPSA) is 78.4 Å². The summed E-state index contributed by atoms with van der Waals surface area (Å²) >= 11 is 3.58. The van der Waals surface area contributed by atoms with Crippen LogP contribution in [0.4, 0.5) is 0 Å². The van der Waals surface area contributed by atoms with Gasteiger partial charge in [0.15, 0.2) is 5.69 Å². The summed E-state index contributed by atoms with van der Waals surface area (Å²) in [4.78, 5) is 34.9. The maximum absolute atomic E-state index is 13.5. The molecular weight excluding hydrogens is 616 g/mol. The number of rotatable bonds is 5. The van der Waals surface area contributed by atoms with E-state index in [4.69, 9.17) is 9.47 Å². The van der Waals surface area contributed by atoms with Gasteiger partial charge in [0, 0.05) is 27.7 Å². The monoisotopic (exact) mass is 644 g/mol. The summed E-state index contributed by atoms with van der Waals surface area (Å²) in [7, 11) is 0. The number of carbonyl (C=O) groups is 2. The van der Waals surface area contributed by atoms with Crippen molar-refractivity contribution in [3.63, 3.8) is 0 Å². The predicted molar refractivity (Wildman–Crippen MR) is 170 cm³/mol. The Morgan fingerprint density at radius 2 is 1.45 bits per heavy atom. The molecule has 0 N–H and O–H groups in total. The molecule has 3 aliphatic carbocycles. The summed E-state index contributed by atoms with van der Waals surface area (Å²) in [6.45, 7) is 5.52. The van der Waals surface area contributed by atoms with Crippen LogP contribution in [-0.2, 0) is 16.6 Å². The number of hydrogen-bond donors (Lipinski definition) is 0. The molecule has 8 rings (SSSR count). The molecule has 0 atom stereocenters. The molecule has 7 heteroatoms. The molecular formula is C37H29BrN2O4. The smallest absolute Gasteiger partial charge is 0.362 e. The summed E-state index contributed by atoms with van der Waals surface area (Å²) in [5.74, 6) is -0.280. The van der Waals surface area contributed by atoms with Gasteiger partial charge >= 0.3 is 11.9 Å². The van der Waals surface area contributed by atoms with Crippen molar-refractivity contribution < 1.29 is 19.1 Å². The standard InChI is InChI=1S/C37H29BrN2O4/c1-36(2,3)35(42)44-29-16-17-30(43-34(41)28-18-19-39-21-40-28)33-32(29)31-24-8-4-6-10-26(24)37(33,27-11-7-5-9-25(27)31)20-22-12-14-23(38)15-13-22/h4-19,21,31H,20H2,1-3H3. The third-order valence-electron chi connectivity index (χ3n) is 8.54. The van der Waals surface area contributed by atoms with E-state index in [1.807, 2.05) is 32.9 Å². The lowest BCUT2D eigenvalue weighted by Crippen LogP contribution is -2.44. The summed E-state index contributed by atoms with van der Waals surface area (Å²) in [5, 5.41) is 0. The molecule has 0 radical (unpaired) electrons.